The van der Waals surface area contributed by atoms with E-state index in [2.05, 4.69) is 114 Å². The van der Waals surface area contributed by atoms with Crippen LogP contribution in [-0.2, 0) is 12.0 Å². The van der Waals surface area contributed by atoms with E-state index in [9.17, 15) is 0 Å². The number of aromatic nitrogens is 3. The Balaban J connectivity index is 1.24. The fourth-order valence-electron chi connectivity index (χ4n) is 9.15. The van der Waals surface area contributed by atoms with Gasteiger partial charge in [-0.25, -0.2) is 9.37 Å². The molecule has 7 aromatic rings. The molecule has 1 fully saturated rings. The Morgan fingerprint density at radius 3 is 2.48 bits per heavy atom. The molecule has 3 aromatic carbocycles. The number of aryl methyl sites for hydroxylation is 3. The third-order valence-corrected chi connectivity index (χ3v) is 11.2. The minimum atomic E-state index is -0.222. The van der Waals surface area contributed by atoms with Crippen molar-refractivity contribution in [1.82, 2.24) is 4.98 Å². The lowest BCUT2D eigenvalue weighted by molar-refractivity contribution is -0.750. The molecule has 4 nitrogen and oxygen atoms in total. The number of hydrogen-bond donors (Lipinski definition) is 0. The molecule has 2 aliphatic heterocycles. The first-order chi connectivity index (χ1) is 22.4. The Labute approximate surface area is 266 Å². The van der Waals surface area contributed by atoms with Gasteiger partial charge in [0.1, 0.15) is 0 Å². The molecule has 0 saturated heterocycles. The second-order valence-electron chi connectivity index (χ2n) is 13.6. The summed E-state index contributed by atoms with van der Waals surface area (Å²) >= 11 is 0. The molecule has 6 heterocycles. The predicted molar refractivity (Wildman–Crippen MR) is 177 cm³/mol. The molecule has 0 radical (unpaired) electrons. The third kappa shape index (κ3) is 3.25. The Hall–Kier alpha value is -5.16. The minimum absolute atomic E-state index is 0.182. The van der Waals surface area contributed by atoms with Crippen molar-refractivity contribution in [3.63, 3.8) is 0 Å². The van der Waals surface area contributed by atoms with Gasteiger partial charge >= 0.3 is 0 Å². The van der Waals surface area contributed by atoms with Gasteiger partial charge in [0.05, 0.1) is 22.6 Å². The summed E-state index contributed by atoms with van der Waals surface area (Å²) in [5.74, 6) is 0.0571. The van der Waals surface area contributed by atoms with Gasteiger partial charge in [0, 0.05) is 46.5 Å². The fourth-order valence-corrected chi connectivity index (χ4v) is 9.15. The summed E-state index contributed by atoms with van der Waals surface area (Å²) in [6.45, 7) is 6.82. The molecule has 0 N–H and O–H groups in total. The molecule has 1 aliphatic carbocycles. The number of fused-ring (bicyclic) bond motifs is 15. The normalized spacial score (nSPS) is 20.5. The molecule has 46 heavy (non-hydrogen) atoms. The zero-order chi connectivity index (χ0) is 30.9. The summed E-state index contributed by atoms with van der Waals surface area (Å²) in [5.41, 5.74) is 13.6. The molecule has 1 spiro atoms. The molecule has 5 heteroatoms. The maximum absolute atomic E-state index is 15.3. The Morgan fingerprint density at radius 2 is 1.61 bits per heavy atom. The van der Waals surface area contributed by atoms with E-state index < -0.39 is 0 Å². The quantitative estimate of drug-likeness (QED) is 0.177. The van der Waals surface area contributed by atoms with Crippen molar-refractivity contribution >= 4 is 22.1 Å². The maximum atomic E-state index is 15.3. The summed E-state index contributed by atoms with van der Waals surface area (Å²) in [6.07, 6.45) is 4.89. The van der Waals surface area contributed by atoms with Crippen molar-refractivity contribution in [2.24, 2.45) is 0 Å². The van der Waals surface area contributed by atoms with Crippen LogP contribution in [0.15, 0.2) is 108 Å². The monoisotopic (exact) mass is 601 g/mol. The molecule has 4 aromatic heterocycles. The van der Waals surface area contributed by atoms with Gasteiger partial charge in [-0.1, -0.05) is 48.5 Å². The van der Waals surface area contributed by atoms with Gasteiger partial charge in [-0.2, -0.15) is 9.13 Å². The molecule has 1 saturated carbocycles. The number of rotatable bonds is 1. The van der Waals surface area contributed by atoms with Gasteiger partial charge in [-0.05, 0) is 72.9 Å². The zero-order valence-corrected chi connectivity index (χ0v) is 26.0. The molecule has 0 amide bonds. The van der Waals surface area contributed by atoms with Crippen molar-refractivity contribution in [2.75, 3.05) is 0 Å². The molecule has 3 atom stereocenters. The highest BCUT2D eigenvalue weighted by molar-refractivity contribution is 6.09. The minimum Gasteiger partial charge on any atom is -0.437 e. The molecule has 3 aliphatic rings. The average Bonchev–Trinajstić information content (AvgIpc) is 3.42. The van der Waals surface area contributed by atoms with Crippen LogP contribution in [0.5, 0.6) is 0 Å². The van der Waals surface area contributed by atoms with Gasteiger partial charge in [-0.15, -0.1) is 0 Å². The third-order valence-electron chi connectivity index (χ3n) is 11.2. The van der Waals surface area contributed by atoms with E-state index in [-0.39, 0.29) is 17.2 Å². The van der Waals surface area contributed by atoms with E-state index in [1.54, 1.807) is 6.20 Å². The second-order valence-corrected chi connectivity index (χ2v) is 13.6. The lowest BCUT2D eigenvalue weighted by atomic mass is 9.48. The predicted octanol–water partition coefficient (Wildman–Crippen LogP) is 8.61. The lowest BCUT2D eigenvalue weighted by Gasteiger charge is -2.54. The fraction of sp³-hybridized carbons (Fsp3) is 0.195. The topological polar surface area (TPSA) is 33.8 Å². The smallest absolute Gasteiger partial charge is 0.227 e. The molecule has 0 bridgehead atoms. The number of halogens is 1. The molecular formula is C41H32FN3O+2. The van der Waals surface area contributed by atoms with Crippen molar-refractivity contribution in [1.29, 1.82) is 0 Å². The van der Waals surface area contributed by atoms with Crippen molar-refractivity contribution in [3.8, 4) is 33.8 Å². The average molecular weight is 602 g/mol. The second kappa shape index (κ2) is 8.97. The molecule has 222 valence electrons. The van der Waals surface area contributed by atoms with E-state index in [0.29, 0.717) is 23.9 Å². The Morgan fingerprint density at radius 1 is 0.804 bits per heavy atom. The summed E-state index contributed by atoms with van der Waals surface area (Å²) in [5, 5.41) is 2.04. The van der Waals surface area contributed by atoms with Crippen LogP contribution >= 0.6 is 0 Å². The summed E-state index contributed by atoms with van der Waals surface area (Å²) in [6, 6.07) is 32.8. The number of furan rings is 1. The van der Waals surface area contributed by atoms with Crippen LogP contribution in [-0.4, -0.2) is 4.98 Å². The number of pyridine rings is 3. The van der Waals surface area contributed by atoms with Gasteiger partial charge in [0.2, 0.25) is 23.3 Å². The van der Waals surface area contributed by atoms with Crippen LogP contribution in [0.4, 0.5) is 4.39 Å². The highest BCUT2D eigenvalue weighted by Gasteiger charge is 2.67. The highest BCUT2D eigenvalue weighted by Crippen LogP contribution is 2.65. The van der Waals surface area contributed by atoms with E-state index in [0.717, 1.165) is 45.3 Å². The van der Waals surface area contributed by atoms with Crippen LogP contribution in [0.2, 0.25) is 0 Å². The van der Waals surface area contributed by atoms with E-state index in [1.165, 1.54) is 33.5 Å². The number of benzene rings is 3. The maximum Gasteiger partial charge on any atom is 0.227 e. The first kappa shape index (κ1) is 26.1. The first-order valence-electron chi connectivity index (χ1n) is 16.2. The van der Waals surface area contributed by atoms with Crippen LogP contribution in [0.1, 0.15) is 46.2 Å². The summed E-state index contributed by atoms with van der Waals surface area (Å²) in [7, 11) is 0. The largest absolute Gasteiger partial charge is 0.437 e. The van der Waals surface area contributed by atoms with E-state index >= 15 is 4.39 Å². The van der Waals surface area contributed by atoms with Crippen molar-refractivity contribution in [2.45, 2.75) is 51.1 Å². The van der Waals surface area contributed by atoms with Gasteiger partial charge in [0.25, 0.3) is 0 Å². The summed E-state index contributed by atoms with van der Waals surface area (Å²) in [4.78, 5) is 5.09. The number of nitrogens with zero attached hydrogens (tertiary/aromatic N) is 3. The Bertz CT molecular complexity index is 2440. The van der Waals surface area contributed by atoms with Crippen molar-refractivity contribution in [3.05, 3.63) is 137 Å². The van der Waals surface area contributed by atoms with Crippen molar-refractivity contribution < 1.29 is 17.9 Å². The standard InChI is InChI=1S/C41H32FN3O/c1-23-9-8-10-24(2)36(23)32-17-15-29-28-14-16-30-37(39(28)46-40(29)43-32)34-19-25(3)31(42)21-44(34)22-41(30)20-35-38(41)27-12-5-4-11-26(27)33-13-6-7-18-45(33)35/h4-19,21,35,38H,20,22H2,1-3H3/q+2. The highest BCUT2D eigenvalue weighted by atomic mass is 19.1. The SMILES string of the molecule is Cc1cc2[n+](cc1F)CC1(CC3C1c1ccccc1-c1cccc[n+]13)c1ccc3c(oc4nc(-c5c(C)cccc5C)ccc43)c1-2. The number of hydrogen-bond acceptors (Lipinski definition) is 2. The molecule has 10 rings (SSSR count). The van der Waals surface area contributed by atoms with E-state index in [1.807, 2.05) is 13.0 Å². The zero-order valence-electron chi connectivity index (χ0n) is 26.0. The van der Waals surface area contributed by atoms with Gasteiger partial charge in [-0.3, -0.25) is 0 Å². The van der Waals surface area contributed by atoms with Gasteiger partial charge < -0.3 is 4.42 Å². The van der Waals surface area contributed by atoms with Gasteiger partial charge in [0.15, 0.2) is 30.2 Å². The molecular weight excluding hydrogens is 569 g/mol. The first-order valence-corrected chi connectivity index (χ1v) is 16.2. The van der Waals surface area contributed by atoms with Crippen LogP contribution < -0.4 is 9.13 Å². The van der Waals surface area contributed by atoms with E-state index in [4.69, 9.17) is 9.40 Å². The van der Waals surface area contributed by atoms with Crippen LogP contribution in [0.25, 0.3) is 55.8 Å². The van der Waals surface area contributed by atoms with Crippen LogP contribution in [0.3, 0.4) is 0 Å². The van der Waals surface area contributed by atoms with Crippen LogP contribution in [0, 0.1) is 26.6 Å². The Kier molecular flexibility index (Phi) is 5.09. The lowest BCUT2D eigenvalue weighted by Crippen LogP contribution is -2.67. The molecule has 3 unspecified atom stereocenters. The summed E-state index contributed by atoms with van der Waals surface area (Å²) < 4.78 is 26.8.